The minimum atomic E-state index is -0.402. The van der Waals surface area contributed by atoms with Gasteiger partial charge in [-0.05, 0) is 48.0 Å². The van der Waals surface area contributed by atoms with Crippen LogP contribution in [0.25, 0.3) is 0 Å². The molecular formula is C21H15N3O3. The summed E-state index contributed by atoms with van der Waals surface area (Å²) in [4.78, 5) is 42.8. The number of rotatable bonds is 4. The Morgan fingerprint density at radius 1 is 0.889 bits per heavy atom. The first-order chi connectivity index (χ1) is 13.1. The standard InChI is InChI=1S/C21H15N3O3/c25-19(23-16-4-2-1-3-5-16)15-6-7-17-18(12-15)21(27)24(20(17)26)13-14-8-10-22-11-9-14/h1-12H,13H2,(H,23,25). The molecule has 1 aliphatic rings. The highest BCUT2D eigenvalue weighted by atomic mass is 16.2. The van der Waals surface area contributed by atoms with E-state index < -0.39 is 5.91 Å². The van der Waals surface area contributed by atoms with E-state index in [4.69, 9.17) is 0 Å². The number of aromatic nitrogens is 1. The molecule has 27 heavy (non-hydrogen) atoms. The lowest BCUT2D eigenvalue weighted by molar-refractivity contribution is 0.0642. The third-order valence-corrected chi connectivity index (χ3v) is 4.35. The van der Waals surface area contributed by atoms with E-state index in [9.17, 15) is 14.4 Å². The molecule has 2 heterocycles. The van der Waals surface area contributed by atoms with Gasteiger partial charge in [-0.2, -0.15) is 0 Å². The average molecular weight is 357 g/mol. The highest BCUT2D eigenvalue weighted by Crippen LogP contribution is 2.26. The number of pyridine rings is 1. The number of nitrogens with one attached hydrogen (secondary N) is 1. The molecule has 0 fully saturated rings. The Balaban J connectivity index is 1.58. The first-order valence-electron chi connectivity index (χ1n) is 8.39. The van der Waals surface area contributed by atoms with Crippen LogP contribution in [0.3, 0.4) is 0 Å². The first-order valence-corrected chi connectivity index (χ1v) is 8.39. The zero-order chi connectivity index (χ0) is 18.8. The fraction of sp³-hybridized carbons (Fsp3) is 0.0476. The number of carbonyl (C=O) groups is 3. The summed E-state index contributed by atoms with van der Waals surface area (Å²) in [5.74, 6) is -1.10. The van der Waals surface area contributed by atoms with Crippen molar-refractivity contribution in [2.45, 2.75) is 6.54 Å². The van der Waals surface area contributed by atoms with Crippen LogP contribution < -0.4 is 5.32 Å². The van der Waals surface area contributed by atoms with Crippen molar-refractivity contribution in [1.82, 2.24) is 9.88 Å². The fourth-order valence-electron chi connectivity index (χ4n) is 2.97. The van der Waals surface area contributed by atoms with Gasteiger partial charge in [-0.15, -0.1) is 0 Å². The van der Waals surface area contributed by atoms with Crippen molar-refractivity contribution in [3.63, 3.8) is 0 Å². The summed E-state index contributed by atoms with van der Waals surface area (Å²) in [5.41, 5.74) is 2.34. The second-order valence-electron chi connectivity index (χ2n) is 6.13. The SMILES string of the molecule is O=C(Nc1ccccc1)c1ccc2c(c1)C(=O)N(Cc1ccncc1)C2=O. The number of benzene rings is 2. The highest BCUT2D eigenvalue weighted by Gasteiger charge is 2.36. The van der Waals surface area contributed by atoms with Crippen LogP contribution in [0.15, 0.2) is 73.1 Å². The lowest BCUT2D eigenvalue weighted by atomic mass is 10.1. The van der Waals surface area contributed by atoms with Crippen LogP contribution in [-0.4, -0.2) is 27.6 Å². The molecule has 1 N–H and O–H groups in total. The Morgan fingerprint density at radius 3 is 2.33 bits per heavy atom. The normalized spacial score (nSPS) is 12.8. The van der Waals surface area contributed by atoms with Crippen LogP contribution in [0.2, 0.25) is 0 Å². The lowest BCUT2D eigenvalue weighted by Crippen LogP contribution is -2.29. The van der Waals surface area contributed by atoms with Crippen molar-refractivity contribution in [3.8, 4) is 0 Å². The van der Waals surface area contributed by atoms with Gasteiger partial charge in [0.2, 0.25) is 0 Å². The van der Waals surface area contributed by atoms with Crippen LogP contribution in [0, 0.1) is 0 Å². The molecule has 0 spiro atoms. The molecular weight excluding hydrogens is 342 g/mol. The second kappa shape index (κ2) is 6.84. The zero-order valence-corrected chi connectivity index (χ0v) is 14.3. The summed E-state index contributed by atoms with van der Waals surface area (Å²) < 4.78 is 0. The molecule has 1 aromatic heterocycles. The summed E-state index contributed by atoms with van der Waals surface area (Å²) >= 11 is 0. The van der Waals surface area contributed by atoms with Crippen molar-refractivity contribution in [2.24, 2.45) is 0 Å². The maximum Gasteiger partial charge on any atom is 0.261 e. The molecule has 0 atom stereocenters. The van der Waals surface area contributed by atoms with Crippen molar-refractivity contribution in [3.05, 3.63) is 95.3 Å². The number of imide groups is 1. The zero-order valence-electron chi connectivity index (χ0n) is 14.3. The van der Waals surface area contributed by atoms with Crippen molar-refractivity contribution < 1.29 is 14.4 Å². The number of para-hydroxylation sites is 1. The van der Waals surface area contributed by atoms with Crippen LogP contribution in [0.5, 0.6) is 0 Å². The topological polar surface area (TPSA) is 79.4 Å². The van der Waals surface area contributed by atoms with Crippen molar-refractivity contribution >= 4 is 23.4 Å². The quantitative estimate of drug-likeness (QED) is 0.728. The fourth-order valence-corrected chi connectivity index (χ4v) is 2.97. The predicted molar refractivity (Wildman–Crippen MR) is 99.3 cm³/mol. The average Bonchev–Trinajstić information content (AvgIpc) is 2.94. The molecule has 6 nitrogen and oxygen atoms in total. The van der Waals surface area contributed by atoms with Gasteiger partial charge in [0.1, 0.15) is 0 Å². The molecule has 2 aromatic carbocycles. The number of hydrogen-bond donors (Lipinski definition) is 1. The number of nitrogens with zero attached hydrogens (tertiary/aromatic N) is 2. The Bertz CT molecular complexity index is 1030. The summed E-state index contributed by atoms with van der Waals surface area (Å²) in [6.07, 6.45) is 3.22. The third kappa shape index (κ3) is 3.20. The molecule has 0 saturated carbocycles. The Labute approximate surface area is 155 Å². The van der Waals surface area contributed by atoms with Gasteiger partial charge in [-0.25, -0.2) is 0 Å². The number of fused-ring (bicyclic) bond motifs is 1. The summed E-state index contributed by atoms with van der Waals surface area (Å²) in [6, 6.07) is 17.1. The molecule has 0 unspecified atom stereocenters. The third-order valence-electron chi connectivity index (χ3n) is 4.35. The van der Waals surface area contributed by atoms with E-state index >= 15 is 0 Å². The van der Waals surface area contributed by atoms with Gasteiger partial charge in [0.15, 0.2) is 0 Å². The smallest absolute Gasteiger partial charge is 0.261 e. The highest BCUT2D eigenvalue weighted by molar-refractivity contribution is 6.22. The van der Waals surface area contributed by atoms with Crippen molar-refractivity contribution in [1.29, 1.82) is 0 Å². The van der Waals surface area contributed by atoms with E-state index in [0.717, 1.165) is 5.56 Å². The molecule has 4 rings (SSSR count). The van der Waals surface area contributed by atoms with Crippen LogP contribution in [0.1, 0.15) is 36.6 Å². The first kappa shape index (κ1) is 16.7. The molecule has 0 bridgehead atoms. The predicted octanol–water partition coefficient (Wildman–Crippen LogP) is 3.13. The summed E-state index contributed by atoms with van der Waals surface area (Å²) in [6.45, 7) is 0.167. The van der Waals surface area contributed by atoms with E-state index in [0.29, 0.717) is 16.8 Å². The van der Waals surface area contributed by atoms with Gasteiger partial charge in [0.25, 0.3) is 17.7 Å². The number of anilines is 1. The minimum Gasteiger partial charge on any atom is -0.322 e. The largest absolute Gasteiger partial charge is 0.322 e. The maximum absolute atomic E-state index is 12.7. The van der Waals surface area contributed by atoms with Crippen molar-refractivity contribution in [2.75, 3.05) is 5.32 Å². The van der Waals surface area contributed by atoms with Gasteiger partial charge in [0, 0.05) is 23.6 Å². The van der Waals surface area contributed by atoms with Gasteiger partial charge >= 0.3 is 0 Å². The maximum atomic E-state index is 12.7. The summed E-state index contributed by atoms with van der Waals surface area (Å²) in [5, 5.41) is 2.77. The molecule has 0 saturated heterocycles. The molecule has 0 radical (unpaired) electrons. The minimum absolute atomic E-state index is 0.167. The molecule has 0 aliphatic carbocycles. The Hall–Kier alpha value is -3.80. The second-order valence-corrected chi connectivity index (χ2v) is 6.13. The summed E-state index contributed by atoms with van der Waals surface area (Å²) in [7, 11) is 0. The molecule has 3 aromatic rings. The molecule has 1 aliphatic heterocycles. The van der Waals surface area contributed by atoms with Gasteiger partial charge in [0.05, 0.1) is 17.7 Å². The molecule has 132 valence electrons. The number of amides is 3. The van der Waals surface area contributed by atoms with Crippen LogP contribution >= 0.6 is 0 Å². The van der Waals surface area contributed by atoms with E-state index in [1.165, 1.54) is 17.0 Å². The van der Waals surface area contributed by atoms with E-state index in [2.05, 4.69) is 10.3 Å². The van der Waals surface area contributed by atoms with Gasteiger partial charge < -0.3 is 5.32 Å². The monoisotopic (exact) mass is 357 g/mol. The lowest BCUT2D eigenvalue weighted by Gasteiger charge is -2.13. The van der Waals surface area contributed by atoms with E-state index in [-0.39, 0.29) is 23.9 Å². The van der Waals surface area contributed by atoms with E-state index in [1.807, 2.05) is 18.2 Å². The molecule has 6 heteroatoms. The Morgan fingerprint density at radius 2 is 1.59 bits per heavy atom. The molecule has 3 amide bonds. The number of carbonyl (C=O) groups excluding carboxylic acids is 3. The van der Waals surface area contributed by atoms with Crippen LogP contribution in [-0.2, 0) is 6.54 Å². The Kier molecular flexibility index (Phi) is 4.22. The van der Waals surface area contributed by atoms with Gasteiger partial charge in [-0.1, -0.05) is 18.2 Å². The van der Waals surface area contributed by atoms with Gasteiger partial charge in [-0.3, -0.25) is 24.3 Å². The number of hydrogen-bond acceptors (Lipinski definition) is 4. The van der Waals surface area contributed by atoms with Crippen LogP contribution in [0.4, 0.5) is 5.69 Å². The van der Waals surface area contributed by atoms with E-state index in [1.54, 1.807) is 42.7 Å².